The average molecular weight is 344 g/mol. The van der Waals surface area contributed by atoms with Crippen LogP contribution < -0.4 is 5.32 Å². The lowest BCUT2D eigenvalue weighted by atomic mass is 10.1. The number of oxazole rings is 1. The van der Waals surface area contributed by atoms with Crippen LogP contribution in [0.4, 0.5) is 4.39 Å². The van der Waals surface area contributed by atoms with Crippen molar-refractivity contribution in [2.45, 2.75) is 30.4 Å². The number of halogens is 1. The van der Waals surface area contributed by atoms with Crippen LogP contribution >= 0.6 is 11.8 Å². The Kier molecular flexibility index (Phi) is 4.85. The molecule has 0 aliphatic heterocycles. The molecule has 0 radical (unpaired) electrons. The fourth-order valence-electron chi connectivity index (χ4n) is 2.27. The summed E-state index contributed by atoms with van der Waals surface area (Å²) in [7, 11) is 0. The van der Waals surface area contributed by atoms with Crippen molar-refractivity contribution in [2.24, 2.45) is 0 Å². The van der Waals surface area contributed by atoms with Crippen molar-refractivity contribution in [1.82, 2.24) is 10.3 Å². The SMILES string of the molecule is C[C@H](Sc1nc2ccccc2o1)C(=O)N[C@H](C)c1ccc(F)cc1. The van der Waals surface area contributed by atoms with Crippen LogP contribution in [0.15, 0.2) is 58.2 Å². The van der Waals surface area contributed by atoms with Crippen LogP contribution in [0.1, 0.15) is 25.5 Å². The maximum Gasteiger partial charge on any atom is 0.257 e. The van der Waals surface area contributed by atoms with Gasteiger partial charge in [-0.3, -0.25) is 4.79 Å². The van der Waals surface area contributed by atoms with Crippen LogP contribution in [0.5, 0.6) is 0 Å². The molecule has 3 aromatic rings. The lowest BCUT2D eigenvalue weighted by Gasteiger charge is -2.17. The van der Waals surface area contributed by atoms with Crippen LogP contribution in [0, 0.1) is 5.82 Å². The number of thioether (sulfide) groups is 1. The van der Waals surface area contributed by atoms with E-state index in [9.17, 15) is 9.18 Å². The largest absolute Gasteiger partial charge is 0.431 e. The Balaban J connectivity index is 1.62. The van der Waals surface area contributed by atoms with Crippen molar-refractivity contribution in [2.75, 3.05) is 0 Å². The molecular weight excluding hydrogens is 327 g/mol. The van der Waals surface area contributed by atoms with E-state index < -0.39 is 0 Å². The molecular formula is C18H17FN2O2S. The first-order chi connectivity index (χ1) is 11.5. The number of fused-ring (bicyclic) bond motifs is 1. The molecule has 0 bridgehead atoms. The van der Waals surface area contributed by atoms with E-state index in [1.807, 2.05) is 31.2 Å². The van der Waals surface area contributed by atoms with Crippen molar-refractivity contribution in [3.05, 3.63) is 59.9 Å². The van der Waals surface area contributed by atoms with Crippen molar-refractivity contribution in [3.8, 4) is 0 Å². The molecule has 0 saturated heterocycles. The summed E-state index contributed by atoms with van der Waals surface area (Å²) in [6.45, 7) is 3.66. The maximum atomic E-state index is 13.0. The molecule has 124 valence electrons. The second-order valence-corrected chi connectivity index (χ2v) is 6.78. The molecule has 4 nitrogen and oxygen atoms in total. The number of hydrogen-bond donors (Lipinski definition) is 1. The van der Waals surface area contributed by atoms with E-state index in [1.165, 1.54) is 23.9 Å². The van der Waals surface area contributed by atoms with Gasteiger partial charge in [0.05, 0.1) is 11.3 Å². The van der Waals surface area contributed by atoms with Gasteiger partial charge in [0.15, 0.2) is 5.58 Å². The lowest BCUT2D eigenvalue weighted by Crippen LogP contribution is -2.33. The summed E-state index contributed by atoms with van der Waals surface area (Å²) in [4.78, 5) is 16.7. The molecule has 6 heteroatoms. The molecule has 24 heavy (non-hydrogen) atoms. The zero-order valence-electron chi connectivity index (χ0n) is 13.3. The number of carbonyl (C=O) groups is 1. The molecule has 1 N–H and O–H groups in total. The molecule has 1 aromatic heterocycles. The molecule has 2 atom stereocenters. The Morgan fingerprint density at radius 1 is 1.17 bits per heavy atom. The highest BCUT2D eigenvalue weighted by Gasteiger charge is 2.20. The highest BCUT2D eigenvalue weighted by atomic mass is 32.2. The Labute approximate surface area is 143 Å². The number of nitrogens with zero attached hydrogens (tertiary/aromatic N) is 1. The van der Waals surface area contributed by atoms with E-state index in [4.69, 9.17) is 4.42 Å². The summed E-state index contributed by atoms with van der Waals surface area (Å²) in [5, 5.41) is 3.02. The van der Waals surface area contributed by atoms with Crippen LogP contribution in [0.2, 0.25) is 0 Å². The molecule has 0 unspecified atom stereocenters. The Bertz CT molecular complexity index is 815. The first-order valence-corrected chi connectivity index (χ1v) is 8.49. The Hall–Kier alpha value is -2.34. The summed E-state index contributed by atoms with van der Waals surface area (Å²) in [5.41, 5.74) is 2.32. The van der Waals surface area contributed by atoms with Crippen molar-refractivity contribution >= 4 is 28.8 Å². The van der Waals surface area contributed by atoms with Gasteiger partial charge < -0.3 is 9.73 Å². The monoisotopic (exact) mass is 344 g/mol. The van der Waals surface area contributed by atoms with Gasteiger partial charge in [-0.2, -0.15) is 0 Å². The average Bonchev–Trinajstić information content (AvgIpc) is 2.97. The van der Waals surface area contributed by atoms with Gasteiger partial charge in [0.1, 0.15) is 11.3 Å². The molecule has 0 saturated carbocycles. The highest BCUT2D eigenvalue weighted by Crippen LogP contribution is 2.27. The number of nitrogens with one attached hydrogen (secondary N) is 1. The minimum Gasteiger partial charge on any atom is -0.431 e. The zero-order chi connectivity index (χ0) is 17.1. The molecule has 0 aliphatic carbocycles. The molecule has 2 aromatic carbocycles. The third kappa shape index (κ3) is 3.76. The standard InChI is InChI=1S/C18H17FN2O2S/c1-11(13-7-9-14(19)10-8-13)20-17(22)12(2)24-18-21-15-5-3-4-6-16(15)23-18/h3-12H,1-2H3,(H,20,22)/t11-,12+/m1/s1. The minimum absolute atomic E-state index is 0.126. The smallest absolute Gasteiger partial charge is 0.257 e. The number of benzene rings is 2. The van der Waals surface area contributed by atoms with E-state index in [2.05, 4.69) is 10.3 Å². The van der Waals surface area contributed by atoms with E-state index in [0.717, 1.165) is 11.1 Å². The summed E-state index contributed by atoms with van der Waals surface area (Å²) in [6.07, 6.45) is 0. The van der Waals surface area contributed by atoms with Gasteiger partial charge in [-0.25, -0.2) is 9.37 Å². The molecule has 3 rings (SSSR count). The fourth-order valence-corrected chi connectivity index (χ4v) is 3.04. The van der Waals surface area contributed by atoms with Crippen molar-refractivity contribution in [1.29, 1.82) is 0 Å². The second kappa shape index (κ2) is 7.05. The minimum atomic E-state index is -0.360. The maximum absolute atomic E-state index is 13.0. The fraction of sp³-hybridized carbons (Fsp3) is 0.222. The predicted octanol–water partition coefficient (Wildman–Crippen LogP) is 4.32. The molecule has 0 aliphatic rings. The summed E-state index contributed by atoms with van der Waals surface area (Å²) < 4.78 is 18.6. The van der Waals surface area contributed by atoms with Gasteiger partial charge >= 0.3 is 0 Å². The third-order valence-electron chi connectivity index (χ3n) is 3.65. The van der Waals surface area contributed by atoms with Gasteiger partial charge in [0, 0.05) is 0 Å². The molecule has 1 heterocycles. The molecule has 1 amide bonds. The van der Waals surface area contributed by atoms with Gasteiger partial charge in [-0.05, 0) is 43.7 Å². The van der Waals surface area contributed by atoms with E-state index in [0.29, 0.717) is 10.8 Å². The van der Waals surface area contributed by atoms with Crippen LogP contribution in [0.25, 0.3) is 11.1 Å². The Morgan fingerprint density at radius 3 is 2.58 bits per heavy atom. The van der Waals surface area contributed by atoms with Gasteiger partial charge in [0.25, 0.3) is 5.22 Å². The first-order valence-electron chi connectivity index (χ1n) is 7.61. The summed E-state index contributed by atoms with van der Waals surface area (Å²) >= 11 is 1.27. The van der Waals surface area contributed by atoms with E-state index in [1.54, 1.807) is 19.1 Å². The number of para-hydroxylation sites is 2. The van der Waals surface area contributed by atoms with Gasteiger partial charge in [-0.1, -0.05) is 36.0 Å². The van der Waals surface area contributed by atoms with Crippen molar-refractivity contribution in [3.63, 3.8) is 0 Å². The van der Waals surface area contributed by atoms with E-state index >= 15 is 0 Å². The third-order valence-corrected chi connectivity index (χ3v) is 4.59. The summed E-state index contributed by atoms with van der Waals surface area (Å²) in [6, 6.07) is 13.4. The van der Waals surface area contributed by atoms with Gasteiger partial charge in [0.2, 0.25) is 5.91 Å². The topological polar surface area (TPSA) is 55.1 Å². The van der Waals surface area contributed by atoms with Crippen molar-refractivity contribution < 1.29 is 13.6 Å². The summed E-state index contributed by atoms with van der Waals surface area (Å²) in [5.74, 6) is -0.420. The van der Waals surface area contributed by atoms with E-state index in [-0.39, 0.29) is 23.0 Å². The van der Waals surface area contributed by atoms with Gasteiger partial charge in [-0.15, -0.1) is 0 Å². The van der Waals surface area contributed by atoms with Crippen LogP contribution in [0.3, 0.4) is 0 Å². The number of amides is 1. The van der Waals surface area contributed by atoms with Crippen LogP contribution in [-0.2, 0) is 4.79 Å². The quantitative estimate of drug-likeness (QED) is 0.700. The highest BCUT2D eigenvalue weighted by molar-refractivity contribution is 8.00. The lowest BCUT2D eigenvalue weighted by molar-refractivity contribution is -0.120. The zero-order valence-corrected chi connectivity index (χ0v) is 14.1. The molecule has 0 fully saturated rings. The van der Waals surface area contributed by atoms with Crippen LogP contribution in [-0.4, -0.2) is 16.1 Å². The number of rotatable bonds is 5. The number of hydrogen-bond acceptors (Lipinski definition) is 4. The Morgan fingerprint density at radius 2 is 1.88 bits per heavy atom. The second-order valence-electron chi connectivity index (χ2n) is 5.49. The number of aromatic nitrogens is 1. The normalized spacial score (nSPS) is 13.6. The number of carbonyl (C=O) groups excluding carboxylic acids is 1. The predicted molar refractivity (Wildman–Crippen MR) is 92.3 cm³/mol. The first kappa shape index (κ1) is 16.5. The molecule has 0 spiro atoms.